The van der Waals surface area contributed by atoms with Crippen molar-refractivity contribution in [2.24, 2.45) is 0 Å². The minimum absolute atomic E-state index is 0.246. The molecule has 0 aliphatic carbocycles. The summed E-state index contributed by atoms with van der Waals surface area (Å²) in [6.07, 6.45) is 0.716. The van der Waals surface area contributed by atoms with Crippen LogP contribution >= 0.6 is 0 Å². The summed E-state index contributed by atoms with van der Waals surface area (Å²) in [5.41, 5.74) is 4.36. The highest BCUT2D eigenvalue weighted by molar-refractivity contribution is 6.36. The molecule has 5 heteroatoms. The normalized spacial score (nSPS) is 14.1. The summed E-state index contributed by atoms with van der Waals surface area (Å²) >= 11 is 0. The smallest absolute Gasteiger partial charge is 0.278 e. The highest BCUT2D eigenvalue weighted by Gasteiger charge is 2.39. The minimum Gasteiger partial charge on any atom is -0.497 e. The van der Waals surface area contributed by atoms with E-state index in [0.29, 0.717) is 24.2 Å². The van der Waals surface area contributed by atoms with Crippen LogP contribution in [0, 0.1) is 13.8 Å². The molecule has 2 amide bonds. The zero-order valence-electron chi connectivity index (χ0n) is 16.1. The van der Waals surface area contributed by atoms with Crippen molar-refractivity contribution in [1.29, 1.82) is 0 Å². The molecular formula is C22H24N2O3. The number of nitrogens with zero attached hydrogens (tertiary/aromatic N) is 1. The van der Waals surface area contributed by atoms with Gasteiger partial charge in [0.05, 0.1) is 12.7 Å². The van der Waals surface area contributed by atoms with Crippen molar-refractivity contribution in [2.45, 2.75) is 27.2 Å². The molecule has 140 valence electrons. The molecule has 27 heavy (non-hydrogen) atoms. The van der Waals surface area contributed by atoms with E-state index in [9.17, 15) is 9.59 Å². The molecule has 0 spiro atoms. The summed E-state index contributed by atoms with van der Waals surface area (Å²) in [5, 5.41) is 3.16. The fourth-order valence-electron chi connectivity index (χ4n) is 3.28. The summed E-state index contributed by atoms with van der Waals surface area (Å²) in [6.45, 7) is 6.32. The van der Waals surface area contributed by atoms with Gasteiger partial charge in [0, 0.05) is 12.2 Å². The van der Waals surface area contributed by atoms with Crippen LogP contribution in [0.4, 0.5) is 5.69 Å². The molecule has 0 radical (unpaired) electrons. The lowest BCUT2D eigenvalue weighted by Gasteiger charge is -2.14. The van der Waals surface area contributed by atoms with Crippen LogP contribution in [0.25, 0.3) is 5.57 Å². The number of carbonyl (C=O) groups is 2. The van der Waals surface area contributed by atoms with E-state index in [1.807, 2.05) is 63.2 Å². The van der Waals surface area contributed by atoms with Crippen molar-refractivity contribution in [2.75, 3.05) is 19.0 Å². The van der Waals surface area contributed by atoms with E-state index in [4.69, 9.17) is 4.74 Å². The van der Waals surface area contributed by atoms with Crippen molar-refractivity contribution in [3.63, 3.8) is 0 Å². The summed E-state index contributed by atoms with van der Waals surface area (Å²) in [5.74, 6) is 0.197. The fourth-order valence-corrected chi connectivity index (χ4v) is 3.28. The maximum Gasteiger partial charge on any atom is 0.278 e. The van der Waals surface area contributed by atoms with Crippen LogP contribution in [0.15, 0.2) is 48.2 Å². The van der Waals surface area contributed by atoms with E-state index in [0.717, 1.165) is 28.1 Å². The van der Waals surface area contributed by atoms with Crippen LogP contribution in [0.2, 0.25) is 0 Å². The van der Waals surface area contributed by atoms with Crippen molar-refractivity contribution < 1.29 is 14.3 Å². The molecule has 1 aliphatic heterocycles. The summed E-state index contributed by atoms with van der Waals surface area (Å²) in [7, 11) is 1.60. The highest BCUT2D eigenvalue weighted by atomic mass is 16.5. The number of aryl methyl sites for hydroxylation is 2. The Balaban J connectivity index is 2.07. The van der Waals surface area contributed by atoms with Crippen molar-refractivity contribution in [1.82, 2.24) is 4.90 Å². The third-order valence-electron chi connectivity index (χ3n) is 4.63. The lowest BCUT2D eigenvalue weighted by atomic mass is 9.97. The average molecular weight is 364 g/mol. The van der Waals surface area contributed by atoms with E-state index < -0.39 is 0 Å². The third kappa shape index (κ3) is 3.58. The zero-order chi connectivity index (χ0) is 19.6. The Labute approximate surface area is 159 Å². The number of benzene rings is 2. The van der Waals surface area contributed by atoms with Gasteiger partial charge in [-0.2, -0.15) is 0 Å². The van der Waals surface area contributed by atoms with E-state index in [2.05, 4.69) is 5.32 Å². The second-order valence-electron chi connectivity index (χ2n) is 6.68. The zero-order valence-corrected chi connectivity index (χ0v) is 16.1. The quantitative estimate of drug-likeness (QED) is 0.790. The number of ether oxygens (including phenoxy) is 1. The monoisotopic (exact) mass is 364 g/mol. The molecule has 1 aliphatic rings. The van der Waals surface area contributed by atoms with Crippen LogP contribution in [0.3, 0.4) is 0 Å². The lowest BCUT2D eigenvalue weighted by molar-refractivity contribution is -0.136. The number of methoxy groups -OCH3 is 1. The molecule has 5 nitrogen and oxygen atoms in total. The van der Waals surface area contributed by atoms with Crippen LogP contribution in [0.5, 0.6) is 5.75 Å². The van der Waals surface area contributed by atoms with Crippen LogP contribution in [-0.2, 0) is 9.59 Å². The molecule has 0 aromatic heterocycles. The van der Waals surface area contributed by atoms with Gasteiger partial charge in [0.15, 0.2) is 0 Å². The number of nitrogens with one attached hydrogen (secondary N) is 1. The molecule has 1 heterocycles. The molecule has 3 rings (SSSR count). The van der Waals surface area contributed by atoms with Gasteiger partial charge in [-0.3, -0.25) is 14.5 Å². The Kier molecular flexibility index (Phi) is 5.31. The van der Waals surface area contributed by atoms with Crippen molar-refractivity contribution in [3.8, 4) is 5.75 Å². The second kappa shape index (κ2) is 7.66. The van der Waals surface area contributed by atoms with Crippen molar-refractivity contribution >= 4 is 23.1 Å². The van der Waals surface area contributed by atoms with E-state index >= 15 is 0 Å². The molecule has 2 aromatic carbocycles. The second-order valence-corrected chi connectivity index (χ2v) is 6.68. The number of hydrogen-bond donors (Lipinski definition) is 1. The predicted octanol–water partition coefficient (Wildman–Crippen LogP) is 3.91. The Morgan fingerprint density at radius 1 is 1.00 bits per heavy atom. The predicted molar refractivity (Wildman–Crippen MR) is 106 cm³/mol. The summed E-state index contributed by atoms with van der Waals surface area (Å²) in [4.78, 5) is 27.3. The molecular weight excluding hydrogens is 340 g/mol. The van der Waals surface area contributed by atoms with E-state index in [1.165, 1.54) is 4.90 Å². The Morgan fingerprint density at radius 3 is 2.30 bits per heavy atom. The van der Waals surface area contributed by atoms with E-state index in [1.54, 1.807) is 7.11 Å². The Morgan fingerprint density at radius 2 is 1.70 bits per heavy atom. The van der Waals surface area contributed by atoms with Gasteiger partial charge in [-0.05, 0) is 55.7 Å². The maximum atomic E-state index is 13.0. The Hall–Kier alpha value is -3.08. The van der Waals surface area contributed by atoms with Gasteiger partial charge >= 0.3 is 0 Å². The van der Waals surface area contributed by atoms with Gasteiger partial charge in [-0.25, -0.2) is 0 Å². The van der Waals surface area contributed by atoms with Crippen LogP contribution in [0.1, 0.15) is 30.0 Å². The number of amides is 2. The molecule has 0 bridgehead atoms. The van der Waals surface area contributed by atoms with E-state index in [-0.39, 0.29) is 11.8 Å². The minimum atomic E-state index is -0.285. The standard InChI is InChI=1S/C22H24N2O3/c1-5-12-24-21(25)19(18-11-6-14(2)13-15(18)3)20(22(24)26)23-16-7-9-17(27-4)10-8-16/h6-11,13,23H,5,12H2,1-4H3. The van der Waals surface area contributed by atoms with Crippen LogP contribution < -0.4 is 10.1 Å². The first-order valence-electron chi connectivity index (χ1n) is 9.05. The molecule has 0 unspecified atom stereocenters. The third-order valence-corrected chi connectivity index (χ3v) is 4.63. The number of rotatable bonds is 6. The molecule has 0 saturated heterocycles. The first-order valence-corrected chi connectivity index (χ1v) is 9.05. The van der Waals surface area contributed by atoms with Gasteiger partial charge in [0.25, 0.3) is 11.8 Å². The number of imide groups is 1. The lowest BCUT2D eigenvalue weighted by Crippen LogP contribution is -2.33. The molecule has 0 fully saturated rings. The van der Waals surface area contributed by atoms with Gasteiger partial charge < -0.3 is 10.1 Å². The first-order chi connectivity index (χ1) is 13.0. The molecule has 1 N–H and O–H groups in total. The highest BCUT2D eigenvalue weighted by Crippen LogP contribution is 2.32. The van der Waals surface area contributed by atoms with Crippen molar-refractivity contribution in [3.05, 3.63) is 64.9 Å². The molecule has 2 aromatic rings. The first kappa shape index (κ1) is 18.7. The van der Waals surface area contributed by atoms with Gasteiger partial charge in [0.1, 0.15) is 11.4 Å². The number of hydrogen-bond acceptors (Lipinski definition) is 4. The SMILES string of the molecule is CCCN1C(=O)C(Nc2ccc(OC)cc2)=C(c2ccc(C)cc2C)C1=O. The fraction of sp³-hybridized carbons (Fsp3) is 0.273. The summed E-state index contributed by atoms with van der Waals surface area (Å²) in [6, 6.07) is 13.2. The topological polar surface area (TPSA) is 58.6 Å². The number of anilines is 1. The maximum absolute atomic E-state index is 13.0. The molecule has 0 atom stereocenters. The van der Waals surface area contributed by atoms with Gasteiger partial charge in [-0.15, -0.1) is 0 Å². The largest absolute Gasteiger partial charge is 0.497 e. The van der Waals surface area contributed by atoms with Gasteiger partial charge in [-0.1, -0.05) is 30.7 Å². The summed E-state index contributed by atoms with van der Waals surface area (Å²) < 4.78 is 5.17. The molecule has 0 saturated carbocycles. The average Bonchev–Trinajstić information content (AvgIpc) is 2.87. The Bertz CT molecular complexity index is 914. The number of carbonyl (C=O) groups excluding carboxylic acids is 2. The van der Waals surface area contributed by atoms with Gasteiger partial charge in [0.2, 0.25) is 0 Å². The van der Waals surface area contributed by atoms with Crippen LogP contribution in [-0.4, -0.2) is 30.4 Å².